The van der Waals surface area contributed by atoms with Crippen LogP contribution >= 0.6 is 0 Å². The van der Waals surface area contributed by atoms with Gasteiger partial charge in [0.25, 0.3) is 0 Å². The topological polar surface area (TPSA) is 190 Å². The number of hydrogen-bond donors (Lipinski definition) is 6. The zero-order chi connectivity index (χ0) is 18.5. The first kappa shape index (κ1) is 25.3. The molecule has 9 heteroatoms. The van der Waals surface area contributed by atoms with Gasteiger partial charge in [-0.05, 0) is 11.8 Å². The number of aliphatic carboxylic acids is 3. The maximum Gasteiger partial charge on any atom is 0.320 e. The Balaban J connectivity index is -0.000000257. The predicted octanol–water partition coefficient (Wildman–Crippen LogP) is -0.472. The minimum atomic E-state index is -0.968. The van der Waals surface area contributed by atoms with Crippen molar-refractivity contribution in [2.45, 2.75) is 46.2 Å². The van der Waals surface area contributed by atoms with E-state index in [1.54, 1.807) is 13.8 Å². The molecule has 0 spiro atoms. The van der Waals surface area contributed by atoms with Gasteiger partial charge in [-0.2, -0.15) is 0 Å². The van der Waals surface area contributed by atoms with Gasteiger partial charge in [-0.15, -0.1) is 0 Å². The molecular formula is C13H29N3O6. The number of rotatable bonds is 6. The monoisotopic (exact) mass is 323 g/mol. The van der Waals surface area contributed by atoms with Crippen molar-refractivity contribution in [3.8, 4) is 0 Å². The molecule has 0 aliphatic carbocycles. The fourth-order valence-electron chi connectivity index (χ4n) is 0.782. The molecule has 0 aromatic carbocycles. The molecule has 132 valence electrons. The summed E-state index contributed by atoms with van der Waals surface area (Å²) in [6, 6.07) is -1.41. The average molecular weight is 323 g/mol. The van der Waals surface area contributed by atoms with Crippen LogP contribution in [0.5, 0.6) is 0 Å². The van der Waals surface area contributed by atoms with Gasteiger partial charge < -0.3 is 32.5 Å². The molecule has 3 atom stereocenters. The van der Waals surface area contributed by atoms with Crippen molar-refractivity contribution in [2.24, 2.45) is 29.0 Å². The summed E-state index contributed by atoms with van der Waals surface area (Å²) in [5, 5.41) is 24.2. The lowest BCUT2D eigenvalue weighted by atomic mass is 10.0. The van der Waals surface area contributed by atoms with Gasteiger partial charge >= 0.3 is 17.9 Å². The van der Waals surface area contributed by atoms with Crippen molar-refractivity contribution in [1.29, 1.82) is 0 Å². The maximum absolute atomic E-state index is 10.2. The predicted molar refractivity (Wildman–Crippen MR) is 82.2 cm³/mol. The van der Waals surface area contributed by atoms with Crippen LogP contribution in [0.15, 0.2) is 0 Å². The fraction of sp³-hybridized carbons (Fsp3) is 0.769. The summed E-state index contributed by atoms with van der Waals surface area (Å²) in [5.41, 5.74) is 15.0. The number of hydrogen-bond acceptors (Lipinski definition) is 6. The van der Waals surface area contributed by atoms with Crippen molar-refractivity contribution in [1.82, 2.24) is 0 Å². The molecule has 0 fully saturated rings. The first-order chi connectivity index (χ1) is 9.91. The van der Waals surface area contributed by atoms with Crippen LogP contribution < -0.4 is 17.2 Å². The minimum Gasteiger partial charge on any atom is -0.480 e. The first-order valence-corrected chi connectivity index (χ1v) is 6.80. The molecule has 0 saturated carbocycles. The Kier molecular flexibility index (Phi) is 16.3. The summed E-state index contributed by atoms with van der Waals surface area (Å²) in [6.45, 7) is 7.03. The summed E-state index contributed by atoms with van der Waals surface area (Å²) in [7, 11) is 0. The Hall–Kier alpha value is -1.71. The lowest BCUT2D eigenvalue weighted by molar-refractivity contribution is -0.140. The minimum absolute atomic E-state index is 0.0208. The van der Waals surface area contributed by atoms with Crippen LogP contribution in [0.25, 0.3) is 0 Å². The summed E-state index contributed by atoms with van der Waals surface area (Å²) in [4.78, 5) is 29.4. The highest BCUT2D eigenvalue weighted by Gasteiger charge is 2.17. The first-order valence-electron chi connectivity index (χ1n) is 6.80. The molecule has 0 amide bonds. The molecule has 9 N–H and O–H groups in total. The molecule has 0 radical (unpaired) electrons. The van der Waals surface area contributed by atoms with Crippen molar-refractivity contribution in [2.75, 3.05) is 6.54 Å². The van der Waals surface area contributed by atoms with Crippen LogP contribution in [-0.2, 0) is 14.4 Å². The molecule has 0 rings (SSSR count). The van der Waals surface area contributed by atoms with Gasteiger partial charge in [0.1, 0.15) is 12.1 Å². The van der Waals surface area contributed by atoms with Gasteiger partial charge in [0.05, 0.1) is 6.54 Å². The highest BCUT2D eigenvalue weighted by molar-refractivity contribution is 5.73. The second-order valence-corrected chi connectivity index (χ2v) is 4.96. The highest BCUT2D eigenvalue weighted by Crippen LogP contribution is 2.04. The molecule has 0 aromatic rings. The largest absolute Gasteiger partial charge is 0.480 e. The van der Waals surface area contributed by atoms with E-state index in [4.69, 9.17) is 26.8 Å². The van der Waals surface area contributed by atoms with Crippen LogP contribution in [0.2, 0.25) is 0 Å². The van der Waals surface area contributed by atoms with Gasteiger partial charge in [-0.1, -0.05) is 34.1 Å². The van der Waals surface area contributed by atoms with Crippen LogP contribution in [0.4, 0.5) is 0 Å². The van der Waals surface area contributed by atoms with E-state index in [0.29, 0.717) is 0 Å². The molecule has 9 nitrogen and oxygen atoms in total. The van der Waals surface area contributed by atoms with Gasteiger partial charge in [0.15, 0.2) is 0 Å². The second-order valence-electron chi connectivity index (χ2n) is 4.96. The van der Waals surface area contributed by atoms with Gasteiger partial charge in [-0.25, -0.2) is 0 Å². The van der Waals surface area contributed by atoms with E-state index in [9.17, 15) is 14.4 Å². The number of carboxylic acids is 3. The van der Waals surface area contributed by atoms with Crippen molar-refractivity contribution < 1.29 is 29.7 Å². The van der Waals surface area contributed by atoms with Crippen LogP contribution in [0.1, 0.15) is 34.1 Å². The Bertz CT molecular complexity index is 336. The van der Waals surface area contributed by atoms with E-state index < -0.39 is 30.0 Å². The van der Waals surface area contributed by atoms with Gasteiger partial charge in [0.2, 0.25) is 0 Å². The van der Waals surface area contributed by atoms with Crippen LogP contribution in [0, 0.1) is 11.8 Å². The Morgan fingerprint density at radius 3 is 1.27 bits per heavy atom. The average Bonchev–Trinajstić information content (AvgIpc) is 2.45. The van der Waals surface area contributed by atoms with Crippen LogP contribution in [0.3, 0.4) is 0 Å². The summed E-state index contributed by atoms with van der Waals surface area (Å²) in [6.07, 6.45) is 0.813. The zero-order valence-electron chi connectivity index (χ0n) is 13.5. The molecule has 22 heavy (non-hydrogen) atoms. The van der Waals surface area contributed by atoms with E-state index in [2.05, 4.69) is 5.73 Å². The third-order valence-electron chi connectivity index (χ3n) is 2.72. The Labute approximate surface area is 130 Å². The van der Waals surface area contributed by atoms with Crippen molar-refractivity contribution >= 4 is 17.9 Å². The van der Waals surface area contributed by atoms with Crippen LogP contribution in [-0.4, -0.2) is 51.9 Å². The van der Waals surface area contributed by atoms with E-state index in [1.807, 2.05) is 13.8 Å². The van der Waals surface area contributed by atoms with Gasteiger partial charge in [0, 0.05) is 0 Å². The molecule has 0 heterocycles. The third-order valence-corrected chi connectivity index (χ3v) is 2.72. The molecule has 0 aliphatic rings. The SMILES string of the molecule is CC(C)C(N)C(=O)O.CCC(C)C(N)C(=O)O.NCC(=O)O. The molecule has 3 unspecified atom stereocenters. The second kappa shape index (κ2) is 14.2. The lowest BCUT2D eigenvalue weighted by Crippen LogP contribution is -2.36. The lowest BCUT2D eigenvalue weighted by Gasteiger charge is -2.11. The van der Waals surface area contributed by atoms with Crippen molar-refractivity contribution in [3.63, 3.8) is 0 Å². The number of nitrogens with two attached hydrogens (primary N) is 3. The fourth-order valence-corrected chi connectivity index (χ4v) is 0.782. The quantitative estimate of drug-likeness (QED) is 0.375. The summed E-state index contributed by atoms with van der Waals surface area (Å²) >= 11 is 0. The molecule has 0 aliphatic heterocycles. The van der Waals surface area contributed by atoms with E-state index in [0.717, 1.165) is 6.42 Å². The van der Waals surface area contributed by atoms with Gasteiger partial charge in [-0.3, -0.25) is 14.4 Å². The van der Waals surface area contributed by atoms with Crippen molar-refractivity contribution in [3.05, 3.63) is 0 Å². The number of carbonyl (C=O) groups is 3. The third kappa shape index (κ3) is 16.3. The van der Waals surface area contributed by atoms with E-state index in [-0.39, 0.29) is 18.4 Å². The molecular weight excluding hydrogens is 294 g/mol. The Morgan fingerprint density at radius 2 is 1.23 bits per heavy atom. The normalized spacial score (nSPS) is 13.6. The van der Waals surface area contributed by atoms with E-state index in [1.165, 1.54) is 0 Å². The standard InChI is InChI=1S/C6H13NO2.C5H11NO2.C2H5NO2/c1-3-4(2)5(7)6(8)9;1-3(2)4(6)5(7)8;3-1-2(4)5/h4-5H,3,7H2,1-2H3,(H,8,9);3-4H,6H2,1-2H3,(H,7,8);1,3H2,(H,4,5). The smallest absolute Gasteiger partial charge is 0.320 e. The highest BCUT2D eigenvalue weighted by atomic mass is 16.4. The molecule has 0 aromatic heterocycles. The molecule has 0 saturated heterocycles. The zero-order valence-corrected chi connectivity index (χ0v) is 13.5. The summed E-state index contributed by atoms with van der Waals surface area (Å²) < 4.78 is 0. The number of carboxylic acid groups (broad SMARTS) is 3. The molecule has 0 bridgehead atoms. The van der Waals surface area contributed by atoms with E-state index >= 15 is 0 Å². The summed E-state index contributed by atoms with van der Waals surface area (Å²) in [5.74, 6) is -2.72. The maximum atomic E-state index is 10.2. The Morgan fingerprint density at radius 1 is 0.909 bits per heavy atom.